The van der Waals surface area contributed by atoms with E-state index in [0.717, 1.165) is 58.5 Å². The predicted molar refractivity (Wildman–Crippen MR) is 71.4 cm³/mol. The first-order chi connectivity index (χ1) is 8.68. The van der Waals surface area contributed by atoms with Gasteiger partial charge in [-0.05, 0) is 38.1 Å². The second-order valence-electron chi connectivity index (χ2n) is 5.80. The fourth-order valence-corrected chi connectivity index (χ4v) is 3.18. The molecule has 1 unspecified atom stereocenters. The molecule has 0 radical (unpaired) electrons. The molecule has 0 aliphatic carbocycles. The third kappa shape index (κ3) is 2.86. The molecule has 104 valence electrons. The monoisotopic (exact) mass is 254 g/mol. The number of ether oxygens (including phenoxy) is 1. The van der Waals surface area contributed by atoms with Crippen LogP contribution in [-0.4, -0.2) is 50.7 Å². The highest BCUT2D eigenvalue weighted by molar-refractivity contribution is 5.83. The van der Waals surface area contributed by atoms with E-state index in [1.165, 1.54) is 0 Å². The van der Waals surface area contributed by atoms with E-state index in [-0.39, 0.29) is 5.41 Å². The Balaban J connectivity index is 1.90. The van der Waals surface area contributed by atoms with Crippen molar-refractivity contribution in [2.45, 2.75) is 32.6 Å². The SMILES string of the molecule is CCC1(C(=O)N(C)CC2CCOCC2)CCNC1. The maximum atomic E-state index is 12.6. The van der Waals surface area contributed by atoms with Gasteiger partial charge in [-0.15, -0.1) is 0 Å². The highest BCUT2D eigenvalue weighted by atomic mass is 16.5. The van der Waals surface area contributed by atoms with E-state index in [1.807, 2.05) is 11.9 Å². The standard InChI is InChI=1S/C14H26N2O2/c1-3-14(6-7-15-11-14)13(17)16(2)10-12-4-8-18-9-5-12/h12,15H,3-11H2,1-2H3. The van der Waals surface area contributed by atoms with Crippen LogP contribution in [0.3, 0.4) is 0 Å². The summed E-state index contributed by atoms with van der Waals surface area (Å²) in [6.45, 7) is 6.56. The first-order valence-electron chi connectivity index (χ1n) is 7.22. The largest absolute Gasteiger partial charge is 0.381 e. The number of hydrogen-bond acceptors (Lipinski definition) is 3. The van der Waals surface area contributed by atoms with Crippen LogP contribution in [-0.2, 0) is 9.53 Å². The molecule has 18 heavy (non-hydrogen) atoms. The molecule has 1 N–H and O–H groups in total. The molecule has 0 bridgehead atoms. The number of nitrogens with zero attached hydrogens (tertiary/aromatic N) is 1. The summed E-state index contributed by atoms with van der Waals surface area (Å²) in [7, 11) is 1.97. The Morgan fingerprint density at radius 1 is 1.44 bits per heavy atom. The molecule has 0 aromatic heterocycles. The van der Waals surface area contributed by atoms with Gasteiger partial charge in [-0.25, -0.2) is 0 Å². The average Bonchev–Trinajstić information content (AvgIpc) is 2.89. The lowest BCUT2D eigenvalue weighted by Crippen LogP contribution is -2.45. The quantitative estimate of drug-likeness (QED) is 0.821. The Morgan fingerprint density at radius 2 is 2.17 bits per heavy atom. The Bertz CT molecular complexity index is 282. The van der Waals surface area contributed by atoms with Crippen LogP contribution in [0.2, 0.25) is 0 Å². The van der Waals surface area contributed by atoms with E-state index in [0.29, 0.717) is 11.8 Å². The Labute approximate surface area is 110 Å². The van der Waals surface area contributed by atoms with Crippen molar-refractivity contribution in [2.24, 2.45) is 11.3 Å². The van der Waals surface area contributed by atoms with E-state index in [1.54, 1.807) is 0 Å². The van der Waals surface area contributed by atoms with Gasteiger partial charge in [0, 0.05) is 33.4 Å². The number of carbonyl (C=O) groups is 1. The molecule has 0 aromatic rings. The number of rotatable bonds is 4. The zero-order valence-electron chi connectivity index (χ0n) is 11.7. The van der Waals surface area contributed by atoms with Gasteiger partial charge in [0.15, 0.2) is 0 Å². The lowest BCUT2D eigenvalue weighted by molar-refractivity contribution is -0.141. The number of amides is 1. The topological polar surface area (TPSA) is 41.6 Å². The summed E-state index contributed by atoms with van der Waals surface area (Å²) in [5.74, 6) is 0.956. The van der Waals surface area contributed by atoms with Crippen molar-refractivity contribution in [1.82, 2.24) is 10.2 Å². The van der Waals surface area contributed by atoms with Gasteiger partial charge in [-0.2, -0.15) is 0 Å². The summed E-state index contributed by atoms with van der Waals surface area (Å²) >= 11 is 0. The van der Waals surface area contributed by atoms with Gasteiger partial charge in [-0.3, -0.25) is 4.79 Å². The minimum absolute atomic E-state index is 0.139. The van der Waals surface area contributed by atoms with E-state index in [4.69, 9.17) is 4.74 Å². The number of carbonyl (C=O) groups excluding carboxylic acids is 1. The first-order valence-corrected chi connectivity index (χ1v) is 7.22. The lowest BCUT2D eigenvalue weighted by atomic mass is 9.82. The van der Waals surface area contributed by atoms with Gasteiger partial charge in [0.05, 0.1) is 5.41 Å². The van der Waals surface area contributed by atoms with Crippen molar-refractivity contribution in [3.05, 3.63) is 0 Å². The van der Waals surface area contributed by atoms with Crippen LogP contribution in [0.25, 0.3) is 0 Å². The highest BCUT2D eigenvalue weighted by Crippen LogP contribution is 2.32. The third-order valence-electron chi connectivity index (χ3n) is 4.59. The first kappa shape index (κ1) is 13.8. The van der Waals surface area contributed by atoms with Gasteiger partial charge in [0.1, 0.15) is 0 Å². The molecule has 4 heteroatoms. The van der Waals surface area contributed by atoms with E-state index in [9.17, 15) is 4.79 Å². The van der Waals surface area contributed by atoms with Crippen LogP contribution in [0.15, 0.2) is 0 Å². The van der Waals surface area contributed by atoms with Crippen LogP contribution in [0.5, 0.6) is 0 Å². The normalized spacial score (nSPS) is 29.4. The second-order valence-corrected chi connectivity index (χ2v) is 5.80. The summed E-state index contributed by atoms with van der Waals surface area (Å²) in [6.07, 6.45) is 4.11. The molecule has 1 amide bonds. The highest BCUT2D eigenvalue weighted by Gasteiger charge is 2.41. The smallest absolute Gasteiger partial charge is 0.229 e. The zero-order valence-corrected chi connectivity index (χ0v) is 11.7. The summed E-state index contributed by atoms with van der Waals surface area (Å²) in [4.78, 5) is 14.6. The molecule has 0 saturated carbocycles. The lowest BCUT2D eigenvalue weighted by Gasteiger charge is -2.34. The fourth-order valence-electron chi connectivity index (χ4n) is 3.18. The van der Waals surface area contributed by atoms with Crippen LogP contribution in [0.1, 0.15) is 32.6 Å². The number of nitrogens with one attached hydrogen (secondary N) is 1. The maximum Gasteiger partial charge on any atom is 0.229 e. The summed E-state index contributed by atoms with van der Waals surface area (Å²) in [6, 6.07) is 0. The van der Waals surface area contributed by atoms with Crippen LogP contribution in [0, 0.1) is 11.3 Å². The van der Waals surface area contributed by atoms with Crippen LogP contribution in [0.4, 0.5) is 0 Å². The van der Waals surface area contributed by atoms with E-state index < -0.39 is 0 Å². The molecule has 2 aliphatic rings. The summed E-state index contributed by atoms with van der Waals surface area (Å²) in [5, 5.41) is 3.34. The predicted octanol–water partition coefficient (Wildman–Crippen LogP) is 1.26. The molecular weight excluding hydrogens is 228 g/mol. The van der Waals surface area contributed by atoms with Crippen LogP contribution < -0.4 is 5.32 Å². The van der Waals surface area contributed by atoms with Crippen molar-refractivity contribution < 1.29 is 9.53 Å². The molecule has 0 aromatic carbocycles. The van der Waals surface area contributed by atoms with Crippen molar-refractivity contribution in [2.75, 3.05) is 39.9 Å². The second kappa shape index (κ2) is 6.02. The van der Waals surface area contributed by atoms with Gasteiger partial charge >= 0.3 is 0 Å². The minimum atomic E-state index is -0.139. The van der Waals surface area contributed by atoms with Gasteiger partial charge in [-0.1, -0.05) is 6.92 Å². The van der Waals surface area contributed by atoms with Crippen LogP contribution >= 0.6 is 0 Å². The maximum absolute atomic E-state index is 12.6. The van der Waals surface area contributed by atoms with Crippen molar-refractivity contribution in [3.63, 3.8) is 0 Å². The van der Waals surface area contributed by atoms with Gasteiger partial charge in [0.25, 0.3) is 0 Å². The fraction of sp³-hybridized carbons (Fsp3) is 0.929. The Hall–Kier alpha value is -0.610. The average molecular weight is 254 g/mol. The van der Waals surface area contributed by atoms with E-state index in [2.05, 4.69) is 12.2 Å². The summed E-state index contributed by atoms with van der Waals surface area (Å²) < 4.78 is 5.37. The molecule has 4 nitrogen and oxygen atoms in total. The van der Waals surface area contributed by atoms with Crippen molar-refractivity contribution in [1.29, 1.82) is 0 Å². The molecule has 2 aliphatic heterocycles. The summed E-state index contributed by atoms with van der Waals surface area (Å²) in [5.41, 5.74) is -0.139. The number of hydrogen-bond donors (Lipinski definition) is 1. The molecular formula is C14H26N2O2. The van der Waals surface area contributed by atoms with Crippen molar-refractivity contribution >= 4 is 5.91 Å². The minimum Gasteiger partial charge on any atom is -0.381 e. The molecule has 2 fully saturated rings. The molecule has 2 rings (SSSR count). The molecule has 0 spiro atoms. The molecule has 2 saturated heterocycles. The van der Waals surface area contributed by atoms with Crippen molar-refractivity contribution in [3.8, 4) is 0 Å². The van der Waals surface area contributed by atoms with E-state index >= 15 is 0 Å². The molecule has 2 heterocycles. The molecule has 1 atom stereocenters. The van der Waals surface area contributed by atoms with Gasteiger partial charge in [0.2, 0.25) is 5.91 Å². The Morgan fingerprint density at radius 3 is 2.72 bits per heavy atom. The third-order valence-corrected chi connectivity index (χ3v) is 4.59. The zero-order chi connectivity index (χ0) is 13.0. The Kier molecular flexibility index (Phi) is 4.62. The van der Waals surface area contributed by atoms with Gasteiger partial charge < -0.3 is 15.0 Å².